The largest absolute Gasteiger partial charge is 0.495 e. The summed E-state index contributed by atoms with van der Waals surface area (Å²) in [5.41, 5.74) is 1.82. The third-order valence-electron chi connectivity index (χ3n) is 3.25. The summed E-state index contributed by atoms with van der Waals surface area (Å²) < 4.78 is 5.22. The maximum Gasteiger partial charge on any atom is 0.319 e. The molecule has 1 atom stereocenters. The molecule has 2 amide bonds. The summed E-state index contributed by atoms with van der Waals surface area (Å²) in [6, 6.07) is 9.18. The average Bonchev–Trinajstić information content (AvgIpc) is 2.78. The fourth-order valence-corrected chi connectivity index (χ4v) is 3.28. The standard InChI is InChI=1S/C16H20N2O2S/c1-10-9-13(12(3)21-10)11(2)17-16(19)18-14-7-5-6-8-15(14)20-4/h5-9,11H,1-4H3,(H2,17,18,19)/t11-/m1/s1. The van der Waals surface area contributed by atoms with Crippen LogP contribution in [0.2, 0.25) is 0 Å². The number of thiophene rings is 1. The minimum absolute atomic E-state index is 0.0374. The Labute approximate surface area is 129 Å². The maximum absolute atomic E-state index is 12.1. The van der Waals surface area contributed by atoms with Crippen LogP contribution < -0.4 is 15.4 Å². The second-order valence-electron chi connectivity index (χ2n) is 4.89. The van der Waals surface area contributed by atoms with Gasteiger partial charge >= 0.3 is 6.03 Å². The fourth-order valence-electron chi connectivity index (χ4n) is 2.26. The average molecular weight is 304 g/mol. The van der Waals surface area contributed by atoms with Gasteiger partial charge in [-0.3, -0.25) is 0 Å². The number of carbonyl (C=O) groups is 1. The monoisotopic (exact) mass is 304 g/mol. The Morgan fingerprint density at radius 2 is 2.00 bits per heavy atom. The van der Waals surface area contributed by atoms with E-state index in [-0.39, 0.29) is 12.1 Å². The maximum atomic E-state index is 12.1. The van der Waals surface area contributed by atoms with Gasteiger partial charge in [-0.1, -0.05) is 12.1 Å². The van der Waals surface area contributed by atoms with Gasteiger partial charge in [0.1, 0.15) is 5.75 Å². The molecular weight excluding hydrogens is 284 g/mol. The predicted octanol–water partition coefficient (Wildman–Crippen LogP) is 4.26. The number of aryl methyl sites for hydroxylation is 2. The molecule has 2 N–H and O–H groups in total. The second-order valence-corrected chi connectivity index (χ2v) is 6.35. The van der Waals surface area contributed by atoms with E-state index in [1.165, 1.54) is 9.75 Å². The van der Waals surface area contributed by atoms with Crippen molar-refractivity contribution in [3.63, 3.8) is 0 Å². The highest BCUT2D eigenvalue weighted by molar-refractivity contribution is 7.12. The lowest BCUT2D eigenvalue weighted by Crippen LogP contribution is -2.31. The molecule has 0 aliphatic heterocycles. The number of hydrogen-bond acceptors (Lipinski definition) is 3. The Balaban J connectivity index is 2.03. The van der Waals surface area contributed by atoms with Crippen LogP contribution in [0.1, 0.15) is 28.3 Å². The summed E-state index contributed by atoms with van der Waals surface area (Å²) in [4.78, 5) is 14.6. The molecule has 0 bridgehead atoms. The van der Waals surface area contributed by atoms with E-state index in [4.69, 9.17) is 4.74 Å². The number of urea groups is 1. The smallest absolute Gasteiger partial charge is 0.319 e. The molecule has 0 radical (unpaired) electrons. The normalized spacial score (nSPS) is 11.8. The van der Waals surface area contributed by atoms with Gasteiger partial charge in [-0.05, 0) is 44.5 Å². The molecule has 0 aliphatic carbocycles. The van der Waals surface area contributed by atoms with Crippen molar-refractivity contribution in [1.29, 1.82) is 0 Å². The first-order valence-corrected chi connectivity index (χ1v) is 7.60. The molecule has 5 heteroatoms. The molecule has 0 saturated carbocycles. The number of ether oxygens (including phenoxy) is 1. The summed E-state index contributed by atoms with van der Waals surface area (Å²) in [5, 5.41) is 5.77. The van der Waals surface area contributed by atoms with Crippen molar-refractivity contribution in [1.82, 2.24) is 5.32 Å². The lowest BCUT2D eigenvalue weighted by Gasteiger charge is -2.16. The first kappa shape index (κ1) is 15.4. The summed E-state index contributed by atoms with van der Waals surface area (Å²) in [5.74, 6) is 0.642. The lowest BCUT2D eigenvalue weighted by molar-refractivity contribution is 0.249. The molecule has 112 valence electrons. The van der Waals surface area contributed by atoms with Gasteiger partial charge in [0.2, 0.25) is 0 Å². The third kappa shape index (κ3) is 3.76. The van der Waals surface area contributed by atoms with Crippen LogP contribution in [0.5, 0.6) is 5.75 Å². The van der Waals surface area contributed by atoms with Gasteiger partial charge in [-0.15, -0.1) is 11.3 Å². The topological polar surface area (TPSA) is 50.4 Å². The van der Waals surface area contributed by atoms with Crippen LogP contribution in [0.4, 0.5) is 10.5 Å². The Morgan fingerprint density at radius 1 is 1.29 bits per heavy atom. The van der Waals surface area contributed by atoms with E-state index >= 15 is 0 Å². The first-order chi connectivity index (χ1) is 10.0. The highest BCUT2D eigenvalue weighted by atomic mass is 32.1. The van der Waals surface area contributed by atoms with Crippen LogP contribution >= 0.6 is 11.3 Å². The zero-order valence-corrected chi connectivity index (χ0v) is 13.5. The highest BCUT2D eigenvalue weighted by Gasteiger charge is 2.14. The van der Waals surface area contributed by atoms with Crippen molar-refractivity contribution in [2.75, 3.05) is 12.4 Å². The van der Waals surface area contributed by atoms with Crippen molar-refractivity contribution in [3.8, 4) is 5.75 Å². The van der Waals surface area contributed by atoms with Crippen LogP contribution in [0.25, 0.3) is 0 Å². The summed E-state index contributed by atoms with van der Waals surface area (Å²) in [6.45, 7) is 6.13. The lowest BCUT2D eigenvalue weighted by atomic mass is 10.1. The molecule has 0 fully saturated rings. The van der Waals surface area contributed by atoms with Crippen LogP contribution in [0.15, 0.2) is 30.3 Å². The van der Waals surface area contributed by atoms with Gasteiger partial charge in [0, 0.05) is 9.75 Å². The number of nitrogens with one attached hydrogen (secondary N) is 2. The molecule has 0 spiro atoms. The molecular formula is C16H20N2O2S. The second kappa shape index (κ2) is 6.63. The summed E-state index contributed by atoms with van der Waals surface area (Å²) in [7, 11) is 1.58. The number of para-hydroxylation sites is 2. The van der Waals surface area contributed by atoms with E-state index in [1.54, 1.807) is 18.4 Å². The summed E-state index contributed by atoms with van der Waals surface area (Å²) in [6.07, 6.45) is 0. The molecule has 21 heavy (non-hydrogen) atoms. The first-order valence-electron chi connectivity index (χ1n) is 6.78. The summed E-state index contributed by atoms with van der Waals surface area (Å²) >= 11 is 1.74. The minimum Gasteiger partial charge on any atom is -0.495 e. The molecule has 0 saturated heterocycles. The van der Waals surface area contributed by atoms with Crippen LogP contribution in [0.3, 0.4) is 0 Å². The molecule has 0 unspecified atom stereocenters. The highest BCUT2D eigenvalue weighted by Crippen LogP contribution is 2.27. The third-order valence-corrected chi connectivity index (χ3v) is 4.23. The van der Waals surface area contributed by atoms with Gasteiger partial charge in [0.05, 0.1) is 18.8 Å². The predicted molar refractivity (Wildman–Crippen MR) is 87.4 cm³/mol. The van der Waals surface area contributed by atoms with Gasteiger partial charge in [-0.25, -0.2) is 4.79 Å². The number of anilines is 1. The number of benzene rings is 1. The van der Waals surface area contributed by atoms with Crippen LogP contribution in [-0.2, 0) is 0 Å². The van der Waals surface area contributed by atoms with E-state index in [1.807, 2.05) is 31.2 Å². The Kier molecular flexibility index (Phi) is 4.85. The zero-order chi connectivity index (χ0) is 15.4. The van der Waals surface area contributed by atoms with Crippen LogP contribution in [0, 0.1) is 13.8 Å². The van der Waals surface area contributed by atoms with Crippen molar-refractivity contribution in [2.45, 2.75) is 26.8 Å². The molecule has 1 aromatic carbocycles. The number of rotatable bonds is 4. The zero-order valence-electron chi connectivity index (χ0n) is 12.7. The Morgan fingerprint density at radius 3 is 2.62 bits per heavy atom. The minimum atomic E-state index is -0.241. The van der Waals surface area contributed by atoms with E-state index in [9.17, 15) is 4.79 Å². The van der Waals surface area contributed by atoms with Crippen molar-refractivity contribution in [2.24, 2.45) is 0 Å². The molecule has 0 aliphatic rings. The quantitative estimate of drug-likeness (QED) is 0.887. The van der Waals surface area contributed by atoms with E-state index in [2.05, 4.69) is 30.5 Å². The molecule has 1 heterocycles. The Bertz CT molecular complexity index is 637. The van der Waals surface area contributed by atoms with Crippen molar-refractivity contribution >= 4 is 23.1 Å². The van der Waals surface area contributed by atoms with Gasteiger partial charge in [0.25, 0.3) is 0 Å². The SMILES string of the molecule is COc1ccccc1NC(=O)N[C@H](C)c1cc(C)sc1C. The molecule has 2 rings (SSSR count). The van der Waals surface area contributed by atoms with Crippen molar-refractivity contribution < 1.29 is 9.53 Å². The Hall–Kier alpha value is -2.01. The molecule has 1 aromatic heterocycles. The van der Waals surface area contributed by atoms with Gasteiger partial charge in [-0.2, -0.15) is 0 Å². The van der Waals surface area contributed by atoms with E-state index in [0.29, 0.717) is 11.4 Å². The van der Waals surface area contributed by atoms with Crippen molar-refractivity contribution in [3.05, 3.63) is 45.6 Å². The van der Waals surface area contributed by atoms with Gasteiger partial charge in [0.15, 0.2) is 0 Å². The number of hydrogen-bond donors (Lipinski definition) is 2. The molecule has 4 nitrogen and oxygen atoms in total. The fraction of sp³-hybridized carbons (Fsp3) is 0.312. The van der Waals surface area contributed by atoms with Crippen LogP contribution in [-0.4, -0.2) is 13.1 Å². The van der Waals surface area contributed by atoms with E-state index < -0.39 is 0 Å². The number of amides is 2. The number of methoxy groups -OCH3 is 1. The van der Waals surface area contributed by atoms with Gasteiger partial charge < -0.3 is 15.4 Å². The number of carbonyl (C=O) groups excluding carboxylic acids is 1. The molecule has 2 aromatic rings. The van der Waals surface area contributed by atoms with E-state index in [0.717, 1.165) is 5.56 Å².